The van der Waals surface area contributed by atoms with E-state index in [9.17, 15) is 19.5 Å². The van der Waals surface area contributed by atoms with Crippen LogP contribution >= 0.6 is 0 Å². The van der Waals surface area contributed by atoms with Crippen LogP contribution in [0.3, 0.4) is 0 Å². The molecule has 2 atom stereocenters. The van der Waals surface area contributed by atoms with Gasteiger partial charge in [0.1, 0.15) is 0 Å². The van der Waals surface area contributed by atoms with E-state index in [1.807, 2.05) is 4.90 Å². The third-order valence-electron chi connectivity index (χ3n) is 6.55. The van der Waals surface area contributed by atoms with E-state index < -0.39 is 17.3 Å². The summed E-state index contributed by atoms with van der Waals surface area (Å²) in [5.41, 5.74) is -0.461. The van der Waals surface area contributed by atoms with E-state index >= 15 is 0 Å². The van der Waals surface area contributed by atoms with Gasteiger partial charge in [0.2, 0.25) is 11.7 Å². The van der Waals surface area contributed by atoms with E-state index in [2.05, 4.69) is 0 Å². The number of carbonyl (C=O) groups excluding carboxylic acids is 3. The maximum absolute atomic E-state index is 12.7. The lowest BCUT2D eigenvalue weighted by Crippen LogP contribution is -2.62. The summed E-state index contributed by atoms with van der Waals surface area (Å²) in [5, 5.41) is 11.0. The van der Waals surface area contributed by atoms with Gasteiger partial charge in [-0.2, -0.15) is 0 Å². The van der Waals surface area contributed by atoms with Gasteiger partial charge in [-0.15, -0.1) is 0 Å². The summed E-state index contributed by atoms with van der Waals surface area (Å²) in [7, 11) is 0. The first-order chi connectivity index (χ1) is 13.0. The summed E-state index contributed by atoms with van der Waals surface area (Å²) < 4.78 is 0. The van der Waals surface area contributed by atoms with Crippen molar-refractivity contribution < 1.29 is 19.5 Å². The Labute approximate surface area is 159 Å². The highest BCUT2D eigenvalue weighted by Crippen LogP contribution is 2.37. The van der Waals surface area contributed by atoms with Crippen LogP contribution in [0.4, 0.5) is 0 Å². The number of rotatable bonds is 3. The van der Waals surface area contributed by atoms with Crippen LogP contribution in [0.2, 0.25) is 0 Å². The van der Waals surface area contributed by atoms with Gasteiger partial charge in [-0.25, -0.2) is 0 Å². The molecule has 0 radical (unpaired) electrons. The minimum Gasteiger partial charge on any atom is -0.389 e. The molecule has 1 aromatic rings. The van der Waals surface area contributed by atoms with Gasteiger partial charge >= 0.3 is 0 Å². The summed E-state index contributed by atoms with van der Waals surface area (Å²) in [6, 6.07) is 8.55. The third-order valence-corrected chi connectivity index (χ3v) is 6.55. The van der Waals surface area contributed by atoms with Crippen molar-refractivity contribution in [2.24, 2.45) is 11.8 Å². The number of Topliss-reactive ketones (excluding diaryl/α,β-unsaturated/α-hetero) is 1. The fourth-order valence-electron chi connectivity index (χ4n) is 4.46. The molecule has 0 aromatic heterocycles. The van der Waals surface area contributed by atoms with Gasteiger partial charge in [-0.1, -0.05) is 36.8 Å². The number of fused-ring (bicyclic) bond motifs is 1. The van der Waals surface area contributed by atoms with Gasteiger partial charge in [0.05, 0.1) is 5.60 Å². The smallest absolute Gasteiger partial charge is 0.294 e. The number of aliphatic hydroxyl groups is 1. The third kappa shape index (κ3) is 3.38. The molecule has 0 unspecified atom stereocenters. The monoisotopic (exact) mass is 370 g/mol. The molecule has 2 saturated heterocycles. The molecule has 3 fully saturated rings. The molecule has 27 heavy (non-hydrogen) atoms. The van der Waals surface area contributed by atoms with Crippen LogP contribution in [0.1, 0.15) is 42.5 Å². The number of nitrogens with zero attached hydrogens (tertiary/aromatic N) is 2. The second-order valence-electron chi connectivity index (χ2n) is 8.16. The maximum Gasteiger partial charge on any atom is 0.294 e. The molecule has 0 spiro atoms. The average molecular weight is 370 g/mol. The molecule has 1 aromatic carbocycles. The molecular weight excluding hydrogens is 344 g/mol. The van der Waals surface area contributed by atoms with Gasteiger partial charge in [0.25, 0.3) is 5.91 Å². The maximum atomic E-state index is 12.7. The molecule has 2 aliphatic heterocycles. The molecule has 6 heteroatoms. The fourth-order valence-corrected chi connectivity index (χ4v) is 4.46. The first kappa shape index (κ1) is 18.2. The zero-order valence-electron chi connectivity index (χ0n) is 15.5. The Morgan fingerprint density at radius 2 is 1.59 bits per heavy atom. The normalized spacial score (nSPS) is 28.3. The zero-order chi connectivity index (χ0) is 19.0. The summed E-state index contributed by atoms with van der Waals surface area (Å²) in [6.45, 7) is 1.75. The lowest BCUT2D eigenvalue weighted by molar-refractivity contribution is -0.155. The summed E-state index contributed by atoms with van der Waals surface area (Å²) >= 11 is 0. The Morgan fingerprint density at radius 3 is 2.22 bits per heavy atom. The largest absolute Gasteiger partial charge is 0.389 e. The van der Waals surface area contributed by atoms with E-state index in [4.69, 9.17) is 0 Å². The van der Waals surface area contributed by atoms with Crippen LogP contribution in [0.5, 0.6) is 0 Å². The Balaban J connectivity index is 1.44. The van der Waals surface area contributed by atoms with Gasteiger partial charge in [0.15, 0.2) is 0 Å². The fraction of sp³-hybridized carbons (Fsp3) is 0.571. The first-order valence-electron chi connectivity index (χ1n) is 9.88. The number of likely N-dealkylation sites (tertiary alicyclic amines) is 2. The second-order valence-corrected chi connectivity index (χ2v) is 8.16. The number of carbonyl (C=O) groups is 3. The van der Waals surface area contributed by atoms with Gasteiger partial charge < -0.3 is 14.9 Å². The number of hydrogen-bond acceptors (Lipinski definition) is 4. The Kier molecular flexibility index (Phi) is 4.76. The molecule has 3 aliphatic rings. The number of ketones is 1. The predicted octanol–water partition coefficient (Wildman–Crippen LogP) is 1.48. The Hall–Kier alpha value is -2.21. The molecule has 1 aliphatic carbocycles. The molecular formula is C21H26N2O4. The highest BCUT2D eigenvalue weighted by molar-refractivity contribution is 6.42. The summed E-state index contributed by atoms with van der Waals surface area (Å²) in [4.78, 5) is 41.1. The van der Waals surface area contributed by atoms with Crippen molar-refractivity contribution in [3.05, 3.63) is 35.9 Å². The molecule has 2 amide bonds. The molecule has 1 N–H and O–H groups in total. The number of piperidine rings is 2. The van der Waals surface area contributed by atoms with Crippen molar-refractivity contribution in [2.45, 2.75) is 37.7 Å². The minimum atomic E-state index is -0.844. The van der Waals surface area contributed by atoms with Gasteiger partial charge in [-0.05, 0) is 25.7 Å². The zero-order valence-corrected chi connectivity index (χ0v) is 15.5. The van der Waals surface area contributed by atoms with E-state index in [0.717, 1.165) is 19.3 Å². The highest BCUT2D eigenvalue weighted by Gasteiger charge is 2.48. The van der Waals surface area contributed by atoms with Crippen molar-refractivity contribution in [1.82, 2.24) is 9.80 Å². The van der Waals surface area contributed by atoms with E-state index in [-0.39, 0.29) is 17.7 Å². The highest BCUT2D eigenvalue weighted by atomic mass is 16.3. The van der Waals surface area contributed by atoms with Crippen LogP contribution in [-0.4, -0.2) is 64.3 Å². The molecule has 4 rings (SSSR count). The Bertz CT molecular complexity index is 746. The van der Waals surface area contributed by atoms with E-state index in [1.54, 1.807) is 35.2 Å². The van der Waals surface area contributed by atoms with Crippen molar-refractivity contribution >= 4 is 17.6 Å². The van der Waals surface area contributed by atoms with Gasteiger partial charge in [0, 0.05) is 43.6 Å². The van der Waals surface area contributed by atoms with Crippen LogP contribution < -0.4 is 0 Å². The molecule has 2 heterocycles. The first-order valence-corrected chi connectivity index (χ1v) is 9.88. The summed E-state index contributed by atoms with van der Waals surface area (Å²) in [6.07, 6.45) is 4.03. The minimum absolute atomic E-state index is 0.136. The number of amides is 2. The summed E-state index contributed by atoms with van der Waals surface area (Å²) in [5.74, 6) is -0.911. The second kappa shape index (κ2) is 7.08. The van der Waals surface area contributed by atoms with Crippen molar-refractivity contribution in [1.29, 1.82) is 0 Å². The average Bonchev–Trinajstić information content (AvgIpc) is 2.65. The van der Waals surface area contributed by atoms with Crippen molar-refractivity contribution in [3.63, 3.8) is 0 Å². The van der Waals surface area contributed by atoms with Crippen LogP contribution in [0.25, 0.3) is 0 Å². The molecule has 6 nitrogen and oxygen atoms in total. The molecule has 144 valence electrons. The van der Waals surface area contributed by atoms with Crippen LogP contribution in [-0.2, 0) is 9.59 Å². The van der Waals surface area contributed by atoms with Crippen LogP contribution in [0.15, 0.2) is 30.3 Å². The van der Waals surface area contributed by atoms with Crippen molar-refractivity contribution in [3.8, 4) is 0 Å². The molecule has 1 saturated carbocycles. The lowest BCUT2D eigenvalue weighted by Gasteiger charge is -2.50. The van der Waals surface area contributed by atoms with Crippen LogP contribution in [0, 0.1) is 11.8 Å². The Morgan fingerprint density at radius 1 is 0.963 bits per heavy atom. The van der Waals surface area contributed by atoms with Crippen molar-refractivity contribution in [2.75, 3.05) is 26.2 Å². The lowest BCUT2D eigenvalue weighted by atomic mass is 9.74. The van der Waals surface area contributed by atoms with E-state index in [1.165, 1.54) is 0 Å². The van der Waals surface area contributed by atoms with Gasteiger partial charge in [-0.3, -0.25) is 14.4 Å². The van der Waals surface area contributed by atoms with E-state index in [0.29, 0.717) is 44.6 Å². The SMILES string of the molecule is O=C(C(=O)N1CC[C@@]2(O)CCN(C(=O)C3CCC3)C[C@H]2C1)c1ccccc1. The molecule has 0 bridgehead atoms. The quantitative estimate of drug-likeness (QED) is 0.646. The topological polar surface area (TPSA) is 77.9 Å². The number of hydrogen-bond donors (Lipinski definition) is 1. The predicted molar refractivity (Wildman–Crippen MR) is 98.9 cm³/mol. The standard InChI is InChI=1S/C21H26N2O4/c24-18(15-5-2-1-3-6-15)20(26)23-12-10-21(27)9-11-22(13-17(21)14-23)19(25)16-7-4-8-16/h1-3,5-6,16-17,27H,4,7-14H2/t17-,21-/m0/s1. The number of benzene rings is 1.